The summed E-state index contributed by atoms with van der Waals surface area (Å²) in [6.07, 6.45) is 0. The molecule has 0 spiro atoms. The van der Waals surface area contributed by atoms with Crippen LogP contribution in [0.2, 0.25) is 0 Å². The molecule has 21 heavy (non-hydrogen) atoms. The van der Waals surface area contributed by atoms with Gasteiger partial charge in [-0.25, -0.2) is 0 Å². The highest BCUT2D eigenvalue weighted by Crippen LogP contribution is 2.10. The molecule has 1 aliphatic rings. The van der Waals surface area contributed by atoms with Gasteiger partial charge < -0.3 is 16.0 Å². The lowest BCUT2D eigenvalue weighted by molar-refractivity contribution is -0.118. The number of carbonyl (C=O) groups is 1. The summed E-state index contributed by atoms with van der Waals surface area (Å²) >= 11 is 0. The maximum atomic E-state index is 12.1. The van der Waals surface area contributed by atoms with Crippen LogP contribution in [0.3, 0.4) is 0 Å². The summed E-state index contributed by atoms with van der Waals surface area (Å²) in [7, 11) is 2.07. The molecule has 6 nitrogen and oxygen atoms in total. The number of benzene rings is 1. The number of amides is 1. The molecule has 1 aliphatic heterocycles. The Labute approximate surface area is 125 Å². The van der Waals surface area contributed by atoms with Crippen LogP contribution >= 0.6 is 0 Å². The number of nitrogens with one attached hydrogen (secondary N) is 1. The summed E-state index contributed by atoms with van der Waals surface area (Å²) in [6, 6.07) is 9.12. The van der Waals surface area contributed by atoms with Gasteiger partial charge in [0.15, 0.2) is 0 Å². The molecule has 0 aliphatic carbocycles. The summed E-state index contributed by atoms with van der Waals surface area (Å²) in [5, 5.41) is 11.6. The van der Waals surface area contributed by atoms with E-state index < -0.39 is 0 Å². The fourth-order valence-corrected chi connectivity index (χ4v) is 2.49. The first-order valence-electron chi connectivity index (χ1n) is 7.05. The second-order valence-corrected chi connectivity index (χ2v) is 5.36. The summed E-state index contributed by atoms with van der Waals surface area (Å²) < 4.78 is 0. The third-order valence-corrected chi connectivity index (χ3v) is 3.72. The molecular weight excluding hydrogens is 266 g/mol. The number of rotatable bonds is 4. The maximum Gasteiger partial charge on any atom is 0.238 e. The van der Waals surface area contributed by atoms with Crippen molar-refractivity contribution in [1.29, 1.82) is 5.26 Å². The van der Waals surface area contributed by atoms with Crippen LogP contribution in [0, 0.1) is 11.3 Å². The molecule has 112 valence electrons. The average molecular weight is 287 g/mol. The van der Waals surface area contributed by atoms with Gasteiger partial charge in [0.2, 0.25) is 5.91 Å². The summed E-state index contributed by atoms with van der Waals surface area (Å²) in [4.78, 5) is 16.5. The standard InChI is InChI=1S/C15H21N5O/c1-19-6-7-20(14(9-17)10-19)11-15(21)18-13-4-2-12(8-16)3-5-13/h2-5,14H,6-7,9-11,17H2,1H3,(H,18,21). The lowest BCUT2D eigenvalue weighted by atomic mass is 10.1. The Bertz CT molecular complexity index is 522. The zero-order valence-corrected chi connectivity index (χ0v) is 12.2. The van der Waals surface area contributed by atoms with E-state index in [0.717, 1.165) is 19.6 Å². The molecule has 1 heterocycles. The monoisotopic (exact) mass is 287 g/mol. The smallest absolute Gasteiger partial charge is 0.238 e. The molecule has 0 saturated carbocycles. The highest BCUT2D eigenvalue weighted by molar-refractivity contribution is 5.92. The molecule has 1 aromatic rings. The van der Waals surface area contributed by atoms with Crippen LogP contribution in [0.1, 0.15) is 5.56 Å². The zero-order valence-electron chi connectivity index (χ0n) is 12.2. The number of anilines is 1. The van der Waals surface area contributed by atoms with Gasteiger partial charge in [-0.1, -0.05) is 0 Å². The minimum Gasteiger partial charge on any atom is -0.329 e. The van der Waals surface area contributed by atoms with Crippen molar-refractivity contribution < 1.29 is 4.79 Å². The molecule has 1 saturated heterocycles. The Kier molecular flexibility index (Phi) is 5.28. The number of nitrogens with two attached hydrogens (primary N) is 1. The van der Waals surface area contributed by atoms with Crippen LogP contribution in [-0.2, 0) is 4.79 Å². The van der Waals surface area contributed by atoms with E-state index in [0.29, 0.717) is 24.3 Å². The zero-order chi connectivity index (χ0) is 15.2. The molecule has 2 rings (SSSR count). The van der Waals surface area contributed by atoms with E-state index in [1.54, 1.807) is 24.3 Å². The fourth-order valence-electron chi connectivity index (χ4n) is 2.49. The summed E-state index contributed by atoms with van der Waals surface area (Å²) in [5.74, 6) is -0.0530. The first-order valence-corrected chi connectivity index (χ1v) is 7.05. The van der Waals surface area contributed by atoms with Gasteiger partial charge in [-0.2, -0.15) is 5.26 Å². The van der Waals surface area contributed by atoms with Crippen molar-refractivity contribution in [2.45, 2.75) is 6.04 Å². The molecule has 0 aromatic heterocycles. The number of nitriles is 1. The number of piperazine rings is 1. The quantitative estimate of drug-likeness (QED) is 0.818. The lowest BCUT2D eigenvalue weighted by Crippen LogP contribution is -2.56. The van der Waals surface area contributed by atoms with Crippen LogP contribution in [0.15, 0.2) is 24.3 Å². The normalized spacial score (nSPS) is 20.0. The Morgan fingerprint density at radius 1 is 1.43 bits per heavy atom. The van der Waals surface area contributed by atoms with E-state index in [1.165, 1.54) is 0 Å². The SMILES string of the molecule is CN1CCN(CC(=O)Nc2ccc(C#N)cc2)C(CN)C1. The second kappa shape index (κ2) is 7.18. The third kappa shape index (κ3) is 4.26. The van der Waals surface area contributed by atoms with Crippen molar-refractivity contribution in [2.24, 2.45) is 5.73 Å². The van der Waals surface area contributed by atoms with Crippen molar-refractivity contribution in [3.8, 4) is 6.07 Å². The Balaban J connectivity index is 1.90. The van der Waals surface area contributed by atoms with Gasteiger partial charge in [0, 0.05) is 37.9 Å². The fraction of sp³-hybridized carbons (Fsp3) is 0.467. The topological polar surface area (TPSA) is 85.4 Å². The van der Waals surface area contributed by atoms with Crippen LogP contribution in [0.25, 0.3) is 0 Å². The van der Waals surface area contributed by atoms with Crippen molar-refractivity contribution >= 4 is 11.6 Å². The predicted molar refractivity (Wildman–Crippen MR) is 81.7 cm³/mol. The van der Waals surface area contributed by atoms with E-state index in [9.17, 15) is 4.79 Å². The van der Waals surface area contributed by atoms with Gasteiger partial charge >= 0.3 is 0 Å². The minimum absolute atomic E-state index is 0.0530. The highest BCUT2D eigenvalue weighted by Gasteiger charge is 2.25. The molecule has 0 bridgehead atoms. The maximum absolute atomic E-state index is 12.1. The van der Waals surface area contributed by atoms with Gasteiger partial charge in [0.05, 0.1) is 18.2 Å². The van der Waals surface area contributed by atoms with E-state index in [2.05, 4.69) is 28.2 Å². The van der Waals surface area contributed by atoms with Gasteiger partial charge in [0.1, 0.15) is 0 Å². The number of likely N-dealkylation sites (N-methyl/N-ethyl adjacent to an activating group) is 1. The largest absolute Gasteiger partial charge is 0.329 e. The van der Waals surface area contributed by atoms with E-state index in [1.807, 2.05) is 0 Å². The van der Waals surface area contributed by atoms with Gasteiger partial charge in [0.25, 0.3) is 0 Å². The molecule has 6 heteroatoms. The van der Waals surface area contributed by atoms with Crippen LogP contribution in [0.4, 0.5) is 5.69 Å². The molecule has 3 N–H and O–H groups in total. The Morgan fingerprint density at radius 3 is 2.76 bits per heavy atom. The molecule has 1 fully saturated rings. The number of carbonyl (C=O) groups excluding carboxylic acids is 1. The molecule has 1 unspecified atom stereocenters. The first kappa shape index (κ1) is 15.4. The van der Waals surface area contributed by atoms with Crippen LogP contribution in [0.5, 0.6) is 0 Å². The molecule has 0 radical (unpaired) electrons. The van der Waals surface area contributed by atoms with Crippen LogP contribution in [-0.4, -0.2) is 61.5 Å². The number of hydrogen-bond donors (Lipinski definition) is 2. The average Bonchev–Trinajstić information content (AvgIpc) is 2.49. The predicted octanol–water partition coefficient (Wildman–Crippen LogP) is 0.0715. The Morgan fingerprint density at radius 2 is 2.14 bits per heavy atom. The van der Waals surface area contributed by atoms with Crippen LogP contribution < -0.4 is 11.1 Å². The van der Waals surface area contributed by atoms with Crippen molar-refractivity contribution in [1.82, 2.24) is 9.80 Å². The lowest BCUT2D eigenvalue weighted by Gasteiger charge is -2.39. The summed E-state index contributed by atoms with van der Waals surface area (Å²) in [6.45, 7) is 3.57. The minimum atomic E-state index is -0.0530. The first-order chi connectivity index (χ1) is 10.1. The molecular formula is C15H21N5O. The third-order valence-electron chi connectivity index (χ3n) is 3.72. The van der Waals surface area contributed by atoms with E-state index in [-0.39, 0.29) is 11.9 Å². The van der Waals surface area contributed by atoms with Crippen molar-refractivity contribution in [2.75, 3.05) is 45.1 Å². The number of hydrogen-bond acceptors (Lipinski definition) is 5. The van der Waals surface area contributed by atoms with Gasteiger partial charge in [-0.15, -0.1) is 0 Å². The van der Waals surface area contributed by atoms with E-state index >= 15 is 0 Å². The summed E-state index contributed by atoms with van der Waals surface area (Å²) in [5.41, 5.74) is 7.07. The highest BCUT2D eigenvalue weighted by atomic mass is 16.2. The molecule has 1 amide bonds. The van der Waals surface area contributed by atoms with E-state index in [4.69, 9.17) is 11.0 Å². The van der Waals surface area contributed by atoms with Gasteiger partial charge in [-0.3, -0.25) is 9.69 Å². The van der Waals surface area contributed by atoms with Crippen molar-refractivity contribution in [3.05, 3.63) is 29.8 Å². The van der Waals surface area contributed by atoms with Crippen molar-refractivity contribution in [3.63, 3.8) is 0 Å². The van der Waals surface area contributed by atoms with Gasteiger partial charge in [-0.05, 0) is 31.3 Å². The second-order valence-electron chi connectivity index (χ2n) is 5.36. The molecule has 1 atom stereocenters. The Hall–Kier alpha value is -1.94. The molecule has 1 aromatic carbocycles. The number of nitrogens with zero attached hydrogens (tertiary/aromatic N) is 3.